The Morgan fingerprint density at radius 1 is 1.23 bits per heavy atom. The minimum absolute atomic E-state index is 0.0827. The third kappa shape index (κ3) is 3.56. The number of non-ortho nitro benzene ring substituents is 1. The number of aryl methyl sites for hydroxylation is 1. The number of nitrogens with one attached hydrogen (secondary N) is 1. The quantitative estimate of drug-likeness (QED) is 0.672. The molecule has 0 fully saturated rings. The summed E-state index contributed by atoms with van der Waals surface area (Å²) < 4.78 is 0. The SMILES string of the molecule is CCC(=O)N1CCCc2cc(NC(=O)c3cccc([N+](=O)[O-])c3)ccc21. The molecule has 0 saturated heterocycles. The van der Waals surface area contributed by atoms with Gasteiger partial charge in [0, 0.05) is 42.0 Å². The number of nitro benzene ring substituents is 1. The second-order valence-electron chi connectivity index (χ2n) is 6.11. The van der Waals surface area contributed by atoms with Gasteiger partial charge in [-0.1, -0.05) is 13.0 Å². The summed E-state index contributed by atoms with van der Waals surface area (Å²) >= 11 is 0. The van der Waals surface area contributed by atoms with Crippen molar-refractivity contribution >= 4 is 28.9 Å². The molecule has 26 heavy (non-hydrogen) atoms. The highest BCUT2D eigenvalue weighted by Crippen LogP contribution is 2.30. The van der Waals surface area contributed by atoms with Gasteiger partial charge >= 0.3 is 0 Å². The molecule has 1 aliphatic rings. The number of fused-ring (bicyclic) bond motifs is 1. The highest BCUT2D eigenvalue weighted by atomic mass is 16.6. The Morgan fingerprint density at radius 2 is 2.04 bits per heavy atom. The standard InChI is InChI=1S/C19H19N3O4/c1-2-18(23)21-10-4-6-13-11-15(8-9-17(13)21)20-19(24)14-5-3-7-16(12-14)22(25)26/h3,5,7-9,11-12H,2,4,6,10H2,1H3,(H,20,24). The van der Waals surface area contributed by atoms with Crippen molar-refractivity contribution in [3.63, 3.8) is 0 Å². The monoisotopic (exact) mass is 353 g/mol. The van der Waals surface area contributed by atoms with Gasteiger partial charge < -0.3 is 10.2 Å². The molecule has 0 aliphatic carbocycles. The Morgan fingerprint density at radius 3 is 2.77 bits per heavy atom. The van der Waals surface area contributed by atoms with Gasteiger partial charge in [-0.2, -0.15) is 0 Å². The van der Waals surface area contributed by atoms with Crippen molar-refractivity contribution in [1.82, 2.24) is 0 Å². The lowest BCUT2D eigenvalue weighted by atomic mass is 10.0. The summed E-state index contributed by atoms with van der Waals surface area (Å²) in [6.07, 6.45) is 2.16. The second kappa shape index (κ2) is 7.35. The van der Waals surface area contributed by atoms with Crippen LogP contribution < -0.4 is 10.2 Å². The molecular formula is C19H19N3O4. The molecule has 0 bridgehead atoms. The molecule has 0 atom stereocenters. The van der Waals surface area contributed by atoms with E-state index in [4.69, 9.17) is 0 Å². The Hall–Kier alpha value is -3.22. The first-order valence-electron chi connectivity index (χ1n) is 8.48. The van der Waals surface area contributed by atoms with Crippen molar-refractivity contribution in [1.29, 1.82) is 0 Å². The van der Waals surface area contributed by atoms with E-state index in [1.807, 2.05) is 19.1 Å². The van der Waals surface area contributed by atoms with Crippen molar-refractivity contribution in [3.05, 3.63) is 63.7 Å². The summed E-state index contributed by atoms with van der Waals surface area (Å²) in [7, 11) is 0. The number of carbonyl (C=O) groups excluding carboxylic acids is 2. The van der Waals surface area contributed by atoms with Crippen LogP contribution in [0.4, 0.5) is 17.1 Å². The molecule has 1 N–H and O–H groups in total. The van der Waals surface area contributed by atoms with Crippen molar-refractivity contribution in [2.24, 2.45) is 0 Å². The van der Waals surface area contributed by atoms with Gasteiger partial charge in [0.2, 0.25) is 5.91 Å². The number of nitrogens with zero attached hydrogens (tertiary/aromatic N) is 2. The predicted molar refractivity (Wildman–Crippen MR) is 98.5 cm³/mol. The number of benzene rings is 2. The summed E-state index contributed by atoms with van der Waals surface area (Å²) in [4.78, 5) is 36.5. The minimum atomic E-state index is -0.533. The molecule has 1 aliphatic heterocycles. The molecule has 0 aromatic heterocycles. The van der Waals surface area contributed by atoms with Crippen molar-refractivity contribution in [3.8, 4) is 0 Å². The second-order valence-corrected chi connectivity index (χ2v) is 6.11. The molecule has 2 aromatic carbocycles. The van der Waals surface area contributed by atoms with Crippen LogP contribution in [0.2, 0.25) is 0 Å². The van der Waals surface area contributed by atoms with Gasteiger partial charge in [-0.25, -0.2) is 0 Å². The Kier molecular flexibility index (Phi) is 4.97. The molecule has 2 aromatic rings. The number of amides is 2. The van der Waals surface area contributed by atoms with Crippen LogP contribution >= 0.6 is 0 Å². The number of nitro groups is 1. The van der Waals surface area contributed by atoms with Gasteiger partial charge in [0.25, 0.3) is 11.6 Å². The van der Waals surface area contributed by atoms with E-state index in [2.05, 4.69) is 5.32 Å². The average molecular weight is 353 g/mol. The lowest BCUT2D eigenvalue weighted by molar-refractivity contribution is -0.384. The van der Waals surface area contributed by atoms with E-state index in [1.54, 1.807) is 11.0 Å². The molecule has 7 heteroatoms. The maximum atomic E-state index is 12.4. The fourth-order valence-corrected chi connectivity index (χ4v) is 3.09. The summed E-state index contributed by atoms with van der Waals surface area (Å²) in [6, 6.07) is 11.0. The van der Waals surface area contributed by atoms with Crippen LogP contribution in [0.25, 0.3) is 0 Å². The van der Waals surface area contributed by atoms with Gasteiger partial charge in [0.05, 0.1) is 4.92 Å². The average Bonchev–Trinajstić information content (AvgIpc) is 2.66. The first kappa shape index (κ1) is 17.6. The number of hydrogen-bond donors (Lipinski definition) is 1. The Balaban J connectivity index is 1.81. The lowest BCUT2D eigenvalue weighted by Gasteiger charge is -2.29. The molecule has 0 saturated carbocycles. The molecule has 3 rings (SSSR count). The van der Waals surface area contributed by atoms with Gasteiger partial charge in [0.1, 0.15) is 0 Å². The van der Waals surface area contributed by atoms with Crippen LogP contribution in [-0.4, -0.2) is 23.3 Å². The van der Waals surface area contributed by atoms with E-state index in [0.29, 0.717) is 18.7 Å². The largest absolute Gasteiger partial charge is 0.322 e. The minimum Gasteiger partial charge on any atom is -0.322 e. The van der Waals surface area contributed by atoms with Crippen molar-refractivity contribution in [2.75, 3.05) is 16.8 Å². The zero-order valence-corrected chi connectivity index (χ0v) is 14.4. The van der Waals surface area contributed by atoms with Crippen LogP contribution in [0.15, 0.2) is 42.5 Å². The molecule has 0 radical (unpaired) electrons. The zero-order valence-electron chi connectivity index (χ0n) is 14.4. The van der Waals surface area contributed by atoms with Crippen LogP contribution in [0.1, 0.15) is 35.7 Å². The molecular weight excluding hydrogens is 334 g/mol. The van der Waals surface area contributed by atoms with Gasteiger partial charge in [-0.05, 0) is 42.7 Å². The lowest BCUT2D eigenvalue weighted by Crippen LogP contribution is -2.34. The number of hydrogen-bond acceptors (Lipinski definition) is 4. The highest BCUT2D eigenvalue weighted by molar-refractivity contribution is 6.05. The van der Waals surface area contributed by atoms with Gasteiger partial charge in [0.15, 0.2) is 0 Å². The van der Waals surface area contributed by atoms with Crippen LogP contribution in [0, 0.1) is 10.1 Å². The van der Waals surface area contributed by atoms with Crippen molar-refractivity contribution in [2.45, 2.75) is 26.2 Å². The third-order valence-electron chi connectivity index (χ3n) is 4.38. The summed E-state index contributed by atoms with van der Waals surface area (Å²) in [5.41, 5.74) is 2.59. The highest BCUT2D eigenvalue weighted by Gasteiger charge is 2.22. The Bertz CT molecular complexity index is 879. The summed E-state index contributed by atoms with van der Waals surface area (Å²) in [5.74, 6) is -0.328. The topological polar surface area (TPSA) is 92.6 Å². The number of rotatable bonds is 4. The summed E-state index contributed by atoms with van der Waals surface area (Å²) in [5, 5.41) is 13.6. The molecule has 134 valence electrons. The fourth-order valence-electron chi connectivity index (χ4n) is 3.09. The summed E-state index contributed by atoms with van der Waals surface area (Å²) in [6.45, 7) is 2.54. The van der Waals surface area contributed by atoms with E-state index >= 15 is 0 Å². The third-order valence-corrected chi connectivity index (χ3v) is 4.38. The predicted octanol–water partition coefficient (Wildman–Crippen LogP) is 3.54. The van der Waals surface area contributed by atoms with E-state index in [1.165, 1.54) is 24.3 Å². The molecule has 1 heterocycles. The molecule has 0 unspecified atom stereocenters. The van der Waals surface area contributed by atoms with E-state index in [9.17, 15) is 19.7 Å². The van der Waals surface area contributed by atoms with E-state index in [0.717, 1.165) is 24.1 Å². The van der Waals surface area contributed by atoms with Crippen molar-refractivity contribution < 1.29 is 14.5 Å². The van der Waals surface area contributed by atoms with E-state index in [-0.39, 0.29) is 17.2 Å². The number of carbonyl (C=O) groups is 2. The van der Waals surface area contributed by atoms with Crippen LogP contribution in [0.3, 0.4) is 0 Å². The maximum Gasteiger partial charge on any atom is 0.270 e. The van der Waals surface area contributed by atoms with Crippen LogP contribution in [-0.2, 0) is 11.2 Å². The molecule has 2 amide bonds. The normalized spacial score (nSPS) is 13.0. The number of anilines is 2. The van der Waals surface area contributed by atoms with E-state index < -0.39 is 10.8 Å². The molecule has 7 nitrogen and oxygen atoms in total. The first-order valence-corrected chi connectivity index (χ1v) is 8.48. The molecule has 0 spiro atoms. The Labute approximate surface area is 150 Å². The van der Waals surface area contributed by atoms with Crippen LogP contribution in [0.5, 0.6) is 0 Å². The fraction of sp³-hybridized carbons (Fsp3) is 0.263. The smallest absolute Gasteiger partial charge is 0.270 e. The van der Waals surface area contributed by atoms with Gasteiger partial charge in [-0.3, -0.25) is 19.7 Å². The zero-order chi connectivity index (χ0) is 18.7. The first-order chi connectivity index (χ1) is 12.5. The van der Waals surface area contributed by atoms with Gasteiger partial charge in [-0.15, -0.1) is 0 Å². The maximum absolute atomic E-state index is 12.4.